The van der Waals surface area contributed by atoms with E-state index in [1.165, 1.54) is 38.6 Å². The molecule has 0 aliphatic rings. The van der Waals surface area contributed by atoms with Crippen molar-refractivity contribution in [3.05, 3.63) is 0 Å². The van der Waals surface area contributed by atoms with Gasteiger partial charge in [0.15, 0.2) is 0 Å². The second-order valence-corrected chi connectivity index (χ2v) is 9.73. The highest BCUT2D eigenvalue weighted by Gasteiger charge is 2.05. The molecule has 0 saturated carbocycles. The summed E-state index contributed by atoms with van der Waals surface area (Å²) in [6, 6.07) is 0. The van der Waals surface area contributed by atoms with E-state index in [2.05, 4.69) is 55.1 Å². The van der Waals surface area contributed by atoms with Crippen molar-refractivity contribution in [2.75, 3.05) is 33.9 Å². The third kappa shape index (κ3) is 34.6. The SMILES string of the molecule is CCC.CCC[N+](C)(C)C.CC[C@@H](CCCCC(C)=O)SSC. The van der Waals surface area contributed by atoms with E-state index >= 15 is 0 Å². The van der Waals surface area contributed by atoms with Gasteiger partial charge in [0, 0.05) is 11.7 Å². The molecule has 0 rings (SSSR count). The van der Waals surface area contributed by atoms with Crippen molar-refractivity contribution in [2.24, 2.45) is 0 Å². The molecule has 1 atom stereocenters. The molecule has 0 spiro atoms. The fourth-order valence-corrected chi connectivity index (χ4v) is 4.06. The van der Waals surface area contributed by atoms with Crippen LogP contribution in [0.4, 0.5) is 0 Å². The van der Waals surface area contributed by atoms with E-state index in [-0.39, 0.29) is 0 Å². The third-order valence-corrected chi connectivity index (χ3v) is 5.31. The molecule has 0 N–H and O–H groups in total. The molecule has 0 aromatic rings. The first-order chi connectivity index (χ1) is 10.7. The Bertz CT molecular complexity index is 240. The summed E-state index contributed by atoms with van der Waals surface area (Å²) in [5, 5.41) is 0.780. The molecule has 0 saturated heterocycles. The molecule has 4 heteroatoms. The minimum absolute atomic E-state index is 0.325. The fourth-order valence-electron chi connectivity index (χ4n) is 1.87. The minimum atomic E-state index is 0.325. The molecule has 0 aromatic carbocycles. The monoisotopic (exact) mass is 366 g/mol. The molecule has 2 nitrogen and oxygen atoms in total. The van der Waals surface area contributed by atoms with Crippen LogP contribution in [0.2, 0.25) is 0 Å². The molecule has 0 unspecified atom stereocenters. The molecule has 0 aliphatic carbocycles. The molecule has 23 heavy (non-hydrogen) atoms. The van der Waals surface area contributed by atoms with Gasteiger partial charge < -0.3 is 9.28 Å². The van der Waals surface area contributed by atoms with Crippen LogP contribution in [-0.4, -0.2) is 49.5 Å². The van der Waals surface area contributed by atoms with E-state index in [9.17, 15) is 4.79 Å². The minimum Gasteiger partial charge on any atom is -0.331 e. The van der Waals surface area contributed by atoms with E-state index in [0.717, 1.165) is 22.6 Å². The molecular weight excluding hydrogens is 322 g/mol. The smallest absolute Gasteiger partial charge is 0.129 e. The lowest BCUT2D eigenvalue weighted by Gasteiger charge is -2.22. The van der Waals surface area contributed by atoms with Gasteiger partial charge in [0.1, 0.15) is 5.78 Å². The summed E-state index contributed by atoms with van der Waals surface area (Å²) in [6.45, 7) is 11.6. The highest BCUT2D eigenvalue weighted by atomic mass is 33.1. The molecule has 0 aliphatic heterocycles. The van der Waals surface area contributed by atoms with Crippen molar-refractivity contribution in [3.8, 4) is 0 Å². The maximum atomic E-state index is 10.7. The van der Waals surface area contributed by atoms with Gasteiger partial charge in [0.05, 0.1) is 27.7 Å². The first-order valence-corrected chi connectivity index (χ1v) is 11.8. The topological polar surface area (TPSA) is 17.1 Å². The van der Waals surface area contributed by atoms with Gasteiger partial charge >= 0.3 is 0 Å². The Morgan fingerprint density at radius 3 is 1.83 bits per heavy atom. The van der Waals surface area contributed by atoms with E-state index in [1.807, 2.05) is 21.6 Å². The first-order valence-electron chi connectivity index (χ1n) is 9.17. The third-order valence-electron chi connectivity index (χ3n) is 2.89. The highest BCUT2D eigenvalue weighted by Crippen LogP contribution is 2.29. The normalized spacial score (nSPS) is 11.7. The maximum Gasteiger partial charge on any atom is 0.129 e. The quantitative estimate of drug-likeness (QED) is 0.251. The van der Waals surface area contributed by atoms with Crippen LogP contribution in [0.25, 0.3) is 0 Å². The Balaban J connectivity index is -0.000000335. The number of carbonyl (C=O) groups excluding carboxylic acids is 1. The van der Waals surface area contributed by atoms with Gasteiger partial charge in [0.25, 0.3) is 0 Å². The zero-order valence-corrected chi connectivity index (χ0v) is 19.0. The second kappa shape index (κ2) is 20.4. The van der Waals surface area contributed by atoms with Crippen LogP contribution in [0.1, 0.15) is 79.6 Å². The fraction of sp³-hybridized carbons (Fsp3) is 0.947. The van der Waals surface area contributed by atoms with Crippen molar-refractivity contribution >= 4 is 27.4 Å². The van der Waals surface area contributed by atoms with Gasteiger partial charge in [-0.15, -0.1) is 0 Å². The number of hydrogen-bond donors (Lipinski definition) is 0. The molecule has 142 valence electrons. The summed E-state index contributed by atoms with van der Waals surface area (Å²) in [4.78, 5) is 10.7. The molecule has 0 heterocycles. The van der Waals surface area contributed by atoms with Gasteiger partial charge in [-0.05, 0) is 38.9 Å². The van der Waals surface area contributed by atoms with Crippen LogP contribution in [-0.2, 0) is 4.79 Å². The lowest BCUT2D eigenvalue weighted by Crippen LogP contribution is -2.34. The Hall–Kier alpha value is 0.330. The summed E-state index contributed by atoms with van der Waals surface area (Å²) in [5.41, 5.74) is 0. The number of carbonyl (C=O) groups is 1. The van der Waals surface area contributed by atoms with Crippen LogP contribution in [0.15, 0.2) is 0 Å². The predicted molar refractivity (Wildman–Crippen MR) is 113 cm³/mol. The van der Waals surface area contributed by atoms with Crippen LogP contribution in [0, 0.1) is 0 Å². The van der Waals surface area contributed by atoms with Crippen molar-refractivity contribution in [2.45, 2.75) is 84.8 Å². The van der Waals surface area contributed by atoms with Crippen LogP contribution >= 0.6 is 21.6 Å². The van der Waals surface area contributed by atoms with Gasteiger partial charge in [-0.1, -0.05) is 62.1 Å². The summed E-state index contributed by atoms with van der Waals surface area (Å²) in [5.74, 6) is 0.325. The second-order valence-electron chi connectivity index (χ2n) is 6.96. The largest absolute Gasteiger partial charge is 0.331 e. The number of Topliss-reactive ketones (excluding diaryl/α,β-unsaturated/α-hetero) is 1. The Morgan fingerprint density at radius 1 is 1.04 bits per heavy atom. The van der Waals surface area contributed by atoms with Gasteiger partial charge in [-0.25, -0.2) is 0 Å². The highest BCUT2D eigenvalue weighted by molar-refractivity contribution is 8.76. The lowest BCUT2D eigenvalue weighted by atomic mass is 10.1. The predicted octanol–water partition coefficient (Wildman–Crippen LogP) is 6.44. The van der Waals surface area contributed by atoms with E-state index < -0.39 is 0 Å². The van der Waals surface area contributed by atoms with Gasteiger partial charge in [-0.3, -0.25) is 0 Å². The first kappa shape index (κ1) is 28.1. The maximum absolute atomic E-state index is 10.7. The van der Waals surface area contributed by atoms with E-state index in [4.69, 9.17) is 0 Å². The molecule has 0 fully saturated rings. The number of hydrogen-bond acceptors (Lipinski definition) is 3. The molecule has 0 aromatic heterocycles. The Morgan fingerprint density at radius 2 is 1.57 bits per heavy atom. The zero-order valence-electron chi connectivity index (χ0n) is 17.4. The van der Waals surface area contributed by atoms with Crippen LogP contribution in [0.3, 0.4) is 0 Å². The Labute approximate surface area is 155 Å². The van der Waals surface area contributed by atoms with Crippen molar-refractivity contribution in [1.82, 2.24) is 0 Å². The Kier molecular flexibility index (Phi) is 24.9. The summed E-state index contributed by atoms with van der Waals surface area (Å²) < 4.78 is 1.09. The van der Waals surface area contributed by atoms with Gasteiger partial charge in [-0.2, -0.15) is 0 Å². The van der Waals surface area contributed by atoms with Crippen LogP contribution in [0.5, 0.6) is 0 Å². The van der Waals surface area contributed by atoms with E-state index in [1.54, 1.807) is 6.92 Å². The summed E-state index contributed by atoms with van der Waals surface area (Å²) in [7, 11) is 10.5. The van der Waals surface area contributed by atoms with Crippen molar-refractivity contribution < 1.29 is 9.28 Å². The number of quaternary nitrogens is 1. The summed E-state index contributed by atoms with van der Waals surface area (Å²) >= 11 is 0. The van der Waals surface area contributed by atoms with Gasteiger partial charge in [0.2, 0.25) is 0 Å². The molecular formula is C19H44NOS2+. The average molecular weight is 367 g/mol. The van der Waals surface area contributed by atoms with Crippen molar-refractivity contribution in [3.63, 3.8) is 0 Å². The average Bonchev–Trinajstić information content (AvgIpc) is 2.42. The van der Waals surface area contributed by atoms with Crippen LogP contribution < -0.4 is 0 Å². The zero-order chi connectivity index (χ0) is 18.7. The number of unbranched alkanes of at least 4 members (excludes halogenated alkanes) is 1. The molecule has 0 radical (unpaired) electrons. The number of nitrogens with zero attached hydrogens (tertiary/aromatic N) is 1. The number of rotatable bonds is 10. The molecule has 0 amide bonds. The lowest BCUT2D eigenvalue weighted by molar-refractivity contribution is -0.870. The molecule has 0 bridgehead atoms. The number of ketones is 1. The standard InChI is InChI=1S/C10H20OS2.C6H16N.C3H8/c1-4-10(13-12-3)8-6-5-7-9(2)11;1-5-6-7(2,3)4;1-3-2/h10H,4-8H2,1-3H3;5-6H2,1-4H3;3H2,1-2H3/q;+1;/t10-;;/m0../s1. The van der Waals surface area contributed by atoms with Crippen molar-refractivity contribution in [1.29, 1.82) is 0 Å². The van der Waals surface area contributed by atoms with E-state index in [0.29, 0.717) is 5.78 Å². The summed E-state index contributed by atoms with van der Waals surface area (Å²) in [6.07, 6.45) is 10.2.